The van der Waals surface area contributed by atoms with Crippen LogP contribution in [-0.2, 0) is 0 Å². The van der Waals surface area contributed by atoms with Gasteiger partial charge in [0, 0.05) is 16.9 Å². The Labute approximate surface area is 201 Å². The first kappa shape index (κ1) is 21.8. The lowest BCUT2D eigenvalue weighted by molar-refractivity contribution is 0.404. The van der Waals surface area contributed by atoms with Gasteiger partial charge in [0.05, 0.1) is 18.7 Å². The zero-order valence-electron chi connectivity index (χ0n) is 18.5. The number of nitrogens with zero attached hydrogens (tertiary/aromatic N) is 3. The van der Waals surface area contributed by atoms with Gasteiger partial charge in [-0.25, -0.2) is 4.39 Å². The zero-order chi connectivity index (χ0) is 23.7. The summed E-state index contributed by atoms with van der Waals surface area (Å²) >= 11 is 5.76. The van der Waals surface area contributed by atoms with Crippen molar-refractivity contribution in [2.75, 3.05) is 12.0 Å². The van der Waals surface area contributed by atoms with Gasteiger partial charge in [-0.2, -0.15) is 4.98 Å². The van der Waals surface area contributed by atoms with Crippen LogP contribution >= 0.6 is 12.2 Å². The maximum absolute atomic E-state index is 13.8. The summed E-state index contributed by atoms with van der Waals surface area (Å²) in [7, 11) is 1.63. The Morgan fingerprint density at radius 1 is 1.03 bits per heavy atom. The molecule has 8 heteroatoms. The molecular formula is C26H21FN4O2S. The number of halogens is 1. The lowest BCUT2D eigenvalue weighted by atomic mass is 9.94. The maximum Gasteiger partial charge on any atom is 0.258 e. The molecule has 1 atom stereocenters. The summed E-state index contributed by atoms with van der Waals surface area (Å²) in [4.78, 5) is 6.56. The highest BCUT2D eigenvalue weighted by molar-refractivity contribution is 7.80. The molecule has 6 nitrogen and oxygen atoms in total. The molecule has 1 aliphatic heterocycles. The van der Waals surface area contributed by atoms with E-state index in [2.05, 4.69) is 15.5 Å². The predicted octanol–water partition coefficient (Wildman–Crippen LogP) is 5.75. The summed E-state index contributed by atoms with van der Waals surface area (Å²) in [5.41, 5.74) is 4.03. The number of para-hydroxylation sites is 1. The summed E-state index contributed by atoms with van der Waals surface area (Å²) < 4.78 is 24.8. The number of allylic oxidation sites excluding steroid dienone is 1. The molecule has 0 fully saturated rings. The van der Waals surface area contributed by atoms with Crippen LogP contribution in [0, 0.1) is 5.82 Å². The molecule has 0 spiro atoms. The van der Waals surface area contributed by atoms with Gasteiger partial charge in [0.1, 0.15) is 11.6 Å². The van der Waals surface area contributed by atoms with Crippen molar-refractivity contribution < 1.29 is 13.7 Å². The van der Waals surface area contributed by atoms with Crippen LogP contribution < -0.4 is 15.0 Å². The van der Waals surface area contributed by atoms with E-state index in [1.807, 2.05) is 66.4 Å². The topological polar surface area (TPSA) is 63.4 Å². The average Bonchev–Trinajstić information content (AvgIpc) is 3.34. The second-order valence-corrected chi connectivity index (χ2v) is 8.15. The highest BCUT2D eigenvalue weighted by Gasteiger charge is 2.34. The highest BCUT2D eigenvalue weighted by Crippen LogP contribution is 2.39. The number of benzene rings is 3. The van der Waals surface area contributed by atoms with Crippen molar-refractivity contribution in [3.8, 4) is 17.1 Å². The van der Waals surface area contributed by atoms with E-state index in [0.717, 1.165) is 28.3 Å². The standard InChI is InChI=1S/C26H21FN4O2S/c1-16-22(25-29-24(30-33-25)18-7-6-8-19(27)15-18)23(17-11-13-21(32-2)14-12-17)28-26(34)31(16)20-9-4-3-5-10-20/h3-15,23H,1-2H3,(H,28,34). The third kappa shape index (κ3) is 4.04. The number of anilines is 1. The van der Waals surface area contributed by atoms with Gasteiger partial charge in [-0.15, -0.1) is 0 Å². The highest BCUT2D eigenvalue weighted by atomic mass is 32.1. The molecule has 2 heterocycles. The minimum absolute atomic E-state index is 0.308. The lowest BCUT2D eigenvalue weighted by Gasteiger charge is -2.37. The number of rotatable bonds is 5. The predicted molar refractivity (Wildman–Crippen MR) is 133 cm³/mol. The number of ether oxygens (including phenoxy) is 1. The Balaban J connectivity index is 1.64. The van der Waals surface area contributed by atoms with Gasteiger partial charge < -0.3 is 14.6 Å². The zero-order valence-corrected chi connectivity index (χ0v) is 19.3. The van der Waals surface area contributed by atoms with Crippen molar-refractivity contribution in [3.63, 3.8) is 0 Å². The Morgan fingerprint density at radius 2 is 1.79 bits per heavy atom. The summed E-state index contributed by atoms with van der Waals surface area (Å²) in [5, 5.41) is 8.10. The Kier molecular flexibility index (Phi) is 5.81. The Bertz CT molecular complexity index is 1370. The number of aromatic nitrogens is 2. The van der Waals surface area contributed by atoms with E-state index in [9.17, 15) is 4.39 Å². The van der Waals surface area contributed by atoms with E-state index < -0.39 is 0 Å². The van der Waals surface area contributed by atoms with Crippen LogP contribution in [0.15, 0.2) is 89.1 Å². The molecule has 1 aliphatic rings. The molecule has 170 valence electrons. The van der Waals surface area contributed by atoms with Crippen LogP contribution in [0.25, 0.3) is 17.0 Å². The van der Waals surface area contributed by atoms with Crippen molar-refractivity contribution in [2.45, 2.75) is 13.0 Å². The molecule has 1 unspecified atom stereocenters. The summed E-state index contributed by atoms with van der Waals surface area (Å²) in [6, 6.07) is 23.3. The number of methoxy groups -OCH3 is 1. The molecule has 1 aromatic heterocycles. The van der Waals surface area contributed by atoms with E-state index in [-0.39, 0.29) is 11.9 Å². The quantitative estimate of drug-likeness (QED) is 0.371. The van der Waals surface area contributed by atoms with E-state index in [0.29, 0.717) is 22.4 Å². The van der Waals surface area contributed by atoms with Gasteiger partial charge in [0.15, 0.2) is 5.11 Å². The van der Waals surface area contributed by atoms with Gasteiger partial charge in [-0.05, 0) is 61.1 Å². The fourth-order valence-corrected chi connectivity index (χ4v) is 4.39. The van der Waals surface area contributed by atoms with Gasteiger partial charge in [-0.3, -0.25) is 4.90 Å². The first-order valence-corrected chi connectivity index (χ1v) is 11.1. The fraction of sp³-hybridized carbons (Fsp3) is 0.115. The van der Waals surface area contributed by atoms with E-state index in [1.165, 1.54) is 12.1 Å². The minimum atomic E-state index is -0.365. The molecule has 3 aromatic carbocycles. The first-order chi connectivity index (χ1) is 16.5. The average molecular weight is 473 g/mol. The molecule has 0 amide bonds. The Morgan fingerprint density at radius 3 is 2.50 bits per heavy atom. The fourth-order valence-electron chi connectivity index (χ4n) is 4.03. The number of hydrogen-bond acceptors (Lipinski definition) is 5. The lowest BCUT2D eigenvalue weighted by Crippen LogP contribution is -2.46. The molecular weight excluding hydrogens is 451 g/mol. The number of hydrogen-bond donors (Lipinski definition) is 1. The number of nitrogens with one attached hydrogen (secondary N) is 1. The Hall–Kier alpha value is -4.04. The minimum Gasteiger partial charge on any atom is -0.497 e. The normalized spacial score (nSPS) is 15.9. The molecule has 0 aliphatic carbocycles. The van der Waals surface area contributed by atoms with Gasteiger partial charge in [0.25, 0.3) is 5.89 Å². The maximum atomic E-state index is 13.8. The van der Waals surface area contributed by atoms with Gasteiger partial charge >= 0.3 is 0 Å². The molecule has 0 saturated heterocycles. The van der Waals surface area contributed by atoms with Crippen molar-refractivity contribution in [1.29, 1.82) is 0 Å². The molecule has 34 heavy (non-hydrogen) atoms. The summed E-state index contributed by atoms with van der Waals surface area (Å²) in [6.07, 6.45) is 0. The molecule has 5 rings (SSSR count). The van der Waals surface area contributed by atoms with Crippen molar-refractivity contribution in [1.82, 2.24) is 15.5 Å². The number of thiocarbonyl (C=S) groups is 1. The molecule has 1 N–H and O–H groups in total. The molecule has 4 aromatic rings. The largest absolute Gasteiger partial charge is 0.497 e. The second kappa shape index (κ2) is 9.07. The first-order valence-electron chi connectivity index (χ1n) is 10.7. The van der Waals surface area contributed by atoms with Crippen LogP contribution in [0.1, 0.15) is 24.4 Å². The van der Waals surface area contributed by atoms with Crippen molar-refractivity contribution >= 4 is 28.6 Å². The van der Waals surface area contributed by atoms with Gasteiger partial charge in [-0.1, -0.05) is 47.6 Å². The third-order valence-corrected chi connectivity index (χ3v) is 5.99. The third-order valence-electron chi connectivity index (χ3n) is 5.69. The van der Waals surface area contributed by atoms with Gasteiger partial charge in [0.2, 0.25) is 5.82 Å². The van der Waals surface area contributed by atoms with Crippen LogP contribution in [0.3, 0.4) is 0 Å². The molecule has 0 saturated carbocycles. The van der Waals surface area contributed by atoms with Crippen LogP contribution in [0.4, 0.5) is 10.1 Å². The van der Waals surface area contributed by atoms with Crippen LogP contribution in [0.2, 0.25) is 0 Å². The van der Waals surface area contributed by atoms with Crippen LogP contribution in [0.5, 0.6) is 5.75 Å². The van der Waals surface area contributed by atoms with Crippen LogP contribution in [-0.4, -0.2) is 22.4 Å². The summed E-state index contributed by atoms with van der Waals surface area (Å²) in [5.74, 6) is 1.02. The monoisotopic (exact) mass is 472 g/mol. The molecule has 0 bridgehead atoms. The van der Waals surface area contributed by atoms with Crippen molar-refractivity contribution in [3.05, 3.63) is 102 Å². The molecule has 0 radical (unpaired) electrons. The smallest absolute Gasteiger partial charge is 0.258 e. The van der Waals surface area contributed by atoms with E-state index in [4.69, 9.17) is 21.5 Å². The van der Waals surface area contributed by atoms with Crippen molar-refractivity contribution in [2.24, 2.45) is 0 Å². The SMILES string of the molecule is COc1ccc(C2NC(=S)N(c3ccccc3)C(C)=C2c2nc(-c3cccc(F)c3)no2)cc1. The van der Waals surface area contributed by atoms with E-state index >= 15 is 0 Å². The van der Waals surface area contributed by atoms with E-state index in [1.54, 1.807) is 19.2 Å². The summed E-state index contributed by atoms with van der Waals surface area (Å²) in [6.45, 7) is 1.97. The second-order valence-electron chi connectivity index (χ2n) is 7.76.